The normalized spacial score (nSPS) is 22.4. The van der Waals surface area contributed by atoms with Crippen LogP contribution >= 0.6 is 0 Å². The fraction of sp³-hybridized carbons (Fsp3) is 0.133. The highest BCUT2D eigenvalue weighted by molar-refractivity contribution is 6.14. The van der Waals surface area contributed by atoms with E-state index in [1.807, 2.05) is 24.3 Å². The topological polar surface area (TPSA) is 111 Å². The maximum absolute atomic E-state index is 13.1. The van der Waals surface area contributed by atoms with Crippen LogP contribution in [0, 0.1) is 11.3 Å². The van der Waals surface area contributed by atoms with Crippen LogP contribution in [0.1, 0.15) is 11.1 Å². The van der Waals surface area contributed by atoms with Gasteiger partial charge in [0.05, 0.1) is 11.8 Å². The molecule has 7 nitrogen and oxygen atoms in total. The van der Waals surface area contributed by atoms with Crippen molar-refractivity contribution in [2.24, 2.45) is 5.73 Å². The Labute approximate surface area is 126 Å². The number of aromatic amines is 1. The molecule has 1 spiro atoms. The molecule has 4 rings (SSSR count). The number of hydrogen-bond acceptors (Lipinski definition) is 5. The molecule has 0 saturated carbocycles. The Morgan fingerprint density at radius 1 is 1.36 bits per heavy atom. The molecule has 0 aliphatic carbocycles. The minimum absolute atomic E-state index is 0.165. The van der Waals surface area contributed by atoms with Gasteiger partial charge in [-0.25, -0.2) is 0 Å². The highest BCUT2D eigenvalue weighted by Crippen LogP contribution is 2.53. The molecule has 2 aliphatic heterocycles. The fourth-order valence-corrected chi connectivity index (χ4v) is 3.40. The van der Waals surface area contributed by atoms with Gasteiger partial charge in [0.1, 0.15) is 23.1 Å². The molecule has 0 radical (unpaired) electrons. The number of rotatable bonds is 0. The summed E-state index contributed by atoms with van der Waals surface area (Å²) in [5.74, 6) is 0.491. The summed E-state index contributed by atoms with van der Waals surface area (Å²) in [5, 5.41) is 19.4. The van der Waals surface area contributed by atoms with Gasteiger partial charge < -0.3 is 16.0 Å². The third-order valence-electron chi connectivity index (χ3n) is 4.35. The molecule has 0 bridgehead atoms. The monoisotopic (exact) mass is 292 g/mol. The second kappa shape index (κ2) is 3.89. The maximum atomic E-state index is 13.1. The van der Waals surface area contributed by atoms with Crippen molar-refractivity contribution < 1.29 is 4.79 Å². The molecule has 1 aromatic heterocycles. The highest BCUT2D eigenvalue weighted by atomic mass is 16.2. The molecule has 22 heavy (non-hydrogen) atoms. The van der Waals surface area contributed by atoms with Gasteiger partial charge in [-0.3, -0.25) is 9.89 Å². The lowest BCUT2D eigenvalue weighted by atomic mass is 9.69. The van der Waals surface area contributed by atoms with Crippen molar-refractivity contribution in [3.63, 3.8) is 0 Å². The van der Waals surface area contributed by atoms with Gasteiger partial charge in [-0.1, -0.05) is 18.2 Å². The zero-order chi connectivity index (χ0) is 15.5. The van der Waals surface area contributed by atoms with Gasteiger partial charge in [0.2, 0.25) is 5.91 Å². The number of anilines is 2. The van der Waals surface area contributed by atoms with E-state index in [9.17, 15) is 10.1 Å². The van der Waals surface area contributed by atoms with E-state index in [1.54, 1.807) is 18.1 Å². The minimum Gasteiger partial charge on any atom is -0.384 e. The first-order valence-electron chi connectivity index (χ1n) is 6.71. The number of nitrogens with one attached hydrogen (secondary N) is 2. The fourth-order valence-electron chi connectivity index (χ4n) is 3.40. The van der Waals surface area contributed by atoms with Crippen molar-refractivity contribution in [2.45, 2.75) is 5.41 Å². The number of H-pyrrole nitrogens is 1. The molecule has 0 fully saturated rings. The molecule has 1 aromatic carbocycles. The number of aromatic nitrogens is 2. The van der Waals surface area contributed by atoms with Gasteiger partial charge in [0.15, 0.2) is 0 Å². The molecular weight excluding hydrogens is 280 g/mol. The number of amides is 1. The van der Waals surface area contributed by atoms with Crippen molar-refractivity contribution in [2.75, 3.05) is 17.3 Å². The third kappa shape index (κ3) is 1.16. The zero-order valence-corrected chi connectivity index (χ0v) is 11.7. The average molecular weight is 292 g/mol. The lowest BCUT2D eigenvalue weighted by Gasteiger charge is -2.32. The lowest BCUT2D eigenvalue weighted by Crippen LogP contribution is -2.45. The van der Waals surface area contributed by atoms with Crippen molar-refractivity contribution in [1.29, 1.82) is 5.26 Å². The van der Waals surface area contributed by atoms with Crippen LogP contribution in [0.25, 0.3) is 0 Å². The first-order valence-corrected chi connectivity index (χ1v) is 6.71. The Balaban J connectivity index is 2.18. The smallest absolute Gasteiger partial charge is 0.247 e. The summed E-state index contributed by atoms with van der Waals surface area (Å²) >= 11 is 0. The SMILES string of the molecule is CN1C(=O)C2(C(C#N)=C(N)Nc3[nH]ncc32)c2ccccc21. The van der Waals surface area contributed by atoms with E-state index < -0.39 is 5.41 Å². The van der Waals surface area contributed by atoms with Crippen molar-refractivity contribution in [3.8, 4) is 6.07 Å². The highest BCUT2D eigenvalue weighted by Gasteiger charge is 2.58. The van der Waals surface area contributed by atoms with Crippen LogP contribution in [0.2, 0.25) is 0 Å². The Morgan fingerprint density at radius 2 is 2.14 bits per heavy atom. The number of nitrogens with zero attached hydrogens (tertiary/aromatic N) is 3. The van der Waals surface area contributed by atoms with Gasteiger partial charge >= 0.3 is 0 Å². The summed E-state index contributed by atoms with van der Waals surface area (Å²) in [4.78, 5) is 14.7. The number of likely N-dealkylation sites (N-methyl/N-ethyl adjacent to an activating group) is 1. The molecule has 1 atom stereocenters. The molecular formula is C15H12N6O. The minimum atomic E-state index is -1.24. The Hall–Kier alpha value is -3.27. The number of fused-ring (bicyclic) bond motifs is 4. The number of hydrogen-bond donors (Lipinski definition) is 3. The van der Waals surface area contributed by atoms with Crippen molar-refractivity contribution in [3.05, 3.63) is 53.0 Å². The Morgan fingerprint density at radius 3 is 2.91 bits per heavy atom. The van der Waals surface area contributed by atoms with Crippen LogP contribution in [0.5, 0.6) is 0 Å². The van der Waals surface area contributed by atoms with Crippen LogP contribution in [-0.2, 0) is 10.2 Å². The van der Waals surface area contributed by atoms with E-state index in [2.05, 4.69) is 21.6 Å². The van der Waals surface area contributed by atoms with Gasteiger partial charge in [-0.05, 0) is 6.07 Å². The molecule has 0 saturated heterocycles. The van der Waals surface area contributed by atoms with E-state index in [1.165, 1.54) is 0 Å². The second-order valence-electron chi connectivity index (χ2n) is 5.32. The van der Waals surface area contributed by atoms with E-state index >= 15 is 0 Å². The maximum Gasteiger partial charge on any atom is 0.247 e. The van der Waals surface area contributed by atoms with Crippen LogP contribution < -0.4 is 16.0 Å². The predicted molar refractivity (Wildman–Crippen MR) is 79.7 cm³/mol. The first-order chi connectivity index (χ1) is 10.6. The summed E-state index contributed by atoms with van der Waals surface area (Å²) in [6.07, 6.45) is 1.57. The van der Waals surface area contributed by atoms with Crippen LogP contribution in [0.15, 0.2) is 41.9 Å². The Kier molecular flexibility index (Phi) is 2.20. The first kappa shape index (κ1) is 12.5. The quantitative estimate of drug-likeness (QED) is 0.665. The number of nitrogens with two attached hydrogens (primary N) is 1. The summed E-state index contributed by atoms with van der Waals surface area (Å²) in [6, 6.07) is 9.53. The number of carbonyl (C=O) groups excluding carboxylic acids is 1. The number of benzene rings is 1. The third-order valence-corrected chi connectivity index (χ3v) is 4.35. The van der Waals surface area contributed by atoms with Crippen molar-refractivity contribution >= 4 is 17.4 Å². The summed E-state index contributed by atoms with van der Waals surface area (Å²) in [6.45, 7) is 0. The molecule has 108 valence electrons. The predicted octanol–water partition coefficient (Wildman–Crippen LogP) is 0.792. The number of carbonyl (C=O) groups is 1. The molecule has 7 heteroatoms. The van der Waals surface area contributed by atoms with Gasteiger partial charge in [-0.15, -0.1) is 0 Å². The second-order valence-corrected chi connectivity index (χ2v) is 5.32. The van der Waals surface area contributed by atoms with E-state index in [0.717, 1.165) is 11.3 Å². The molecule has 2 aromatic rings. The lowest BCUT2D eigenvalue weighted by molar-refractivity contribution is -0.120. The molecule has 4 N–H and O–H groups in total. The van der Waals surface area contributed by atoms with E-state index in [4.69, 9.17) is 5.73 Å². The van der Waals surface area contributed by atoms with Gasteiger partial charge in [-0.2, -0.15) is 10.4 Å². The molecule has 3 heterocycles. The van der Waals surface area contributed by atoms with Gasteiger partial charge in [0.25, 0.3) is 0 Å². The average Bonchev–Trinajstić information content (AvgIpc) is 3.07. The van der Waals surface area contributed by atoms with E-state index in [-0.39, 0.29) is 17.3 Å². The molecule has 1 amide bonds. The summed E-state index contributed by atoms with van der Waals surface area (Å²) < 4.78 is 0. The van der Waals surface area contributed by atoms with Gasteiger partial charge in [0, 0.05) is 23.9 Å². The summed E-state index contributed by atoms with van der Waals surface area (Å²) in [5.41, 5.74) is 7.09. The van der Waals surface area contributed by atoms with Crippen LogP contribution in [0.4, 0.5) is 11.5 Å². The standard InChI is InChI=1S/C15H12N6O/c1-21-11-5-3-2-4-8(11)15(14(21)22)9(6-16)12(17)19-13-10(15)7-18-20-13/h2-5,7H,17H2,1H3,(H2,18,19,20). The van der Waals surface area contributed by atoms with E-state index in [0.29, 0.717) is 11.4 Å². The van der Waals surface area contributed by atoms with Crippen LogP contribution in [-0.4, -0.2) is 23.2 Å². The number of nitriles is 1. The molecule has 2 aliphatic rings. The molecule has 1 unspecified atom stereocenters. The van der Waals surface area contributed by atoms with Crippen LogP contribution in [0.3, 0.4) is 0 Å². The Bertz CT molecular complexity index is 889. The zero-order valence-electron chi connectivity index (χ0n) is 11.7. The number of para-hydroxylation sites is 1. The van der Waals surface area contributed by atoms with Crippen molar-refractivity contribution in [1.82, 2.24) is 10.2 Å². The largest absolute Gasteiger partial charge is 0.384 e. The summed E-state index contributed by atoms with van der Waals surface area (Å²) in [7, 11) is 1.70.